The third kappa shape index (κ3) is 5.25. The third-order valence-corrected chi connectivity index (χ3v) is 7.34. The van der Waals surface area contributed by atoms with Crippen LogP contribution in [0.2, 0.25) is 0 Å². The summed E-state index contributed by atoms with van der Waals surface area (Å²) in [6, 6.07) is 12.4. The number of halogens is 1. The Morgan fingerprint density at radius 2 is 1.95 bits per heavy atom. The van der Waals surface area contributed by atoms with E-state index in [2.05, 4.69) is 20.3 Å². The number of nitrogens with zero attached hydrogens (tertiary/aromatic N) is 4. The minimum atomic E-state index is -0.504. The molecule has 0 radical (unpaired) electrons. The fraction of sp³-hybridized carbons (Fsp3) is 0.393. The van der Waals surface area contributed by atoms with Gasteiger partial charge in [-0.25, -0.2) is 4.39 Å². The molecule has 4 heterocycles. The zero-order valence-electron chi connectivity index (χ0n) is 21.7. The van der Waals surface area contributed by atoms with E-state index < -0.39 is 5.82 Å². The average molecular weight is 536 g/mol. The van der Waals surface area contributed by atoms with Gasteiger partial charge in [0.15, 0.2) is 17.3 Å². The summed E-state index contributed by atoms with van der Waals surface area (Å²) in [4.78, 5) is 17.5. The highest BCUT2D eigenvalue weighted by molar-refractivity contribution is 5.95. The summed E-state index contributed by atoms with van der Waals surface area (Å²) in [6.45, 7) is 5.46. The number of aromatic nitrogens is 3. The third-order valence-electron chi connectivity index (χ3n) is 7.34. The van der Waals surface area contributed by atoms with Crippen molar-refractivity contribution in [1.29, 1.82) is 0 Å². The van der Waals surface area contributed by atoms with Crippen molar-refractivity contribution in [3.8, 4) is 28.5 Å². The number of ether oxygens (including phenoxy) is 3. The van der Waals surface area contributed by atoms with Gasteiger partial charge < -0.3 is 23.6 Å². The van der Waals surface area contributed by atoms with E-state index >= 15 is 0 Å². The Labute approximate surface area is 224 Å². The molecule has 2 saturated heterocycles. The molecule has 10 nitrogen and oxygen atoms in total. The van der Waals surface area contributed by atoms with Crippen molar-refractivity contribution >= 4 is 16.8 Å². The van der Waals surface area contributed by atoms with E-state index in [1.165, 1.54) is 6.07 Å². The Morgan fingerprint density at radius 3 is 2.74 bits per heavy atom. The highest BCUT2D eigenvalue weighted by Crippen LogP contribution is 2.33. The van der Waals surface area contributed by atoms with E-state index in [0.29, 0.717) is 46.3 Å². The van der Waals surface area contributed by atoms with Crippen molar-refractivity contribution < 1.29 is 27.9 Å². The molecule has 4 aromatic rings. The number of carbonyl (C=O) groups excluding carboxylic acids is 1. The SMILES string of the molecule is COCCOc1cc2[nH]nc(-c3cc(-c4ccc(C(=O)N5CCC(N6CCOCC6)C5)cc4)no3)c2cc1F. The summed E-state index contributed by atoms with van der Waals surface area (Å²) in [5.74, 6) is 0.0486. The van der Waals surface area contributed by atoms with Gasteiger partial charge in [-0.1, -0.05) is 17.3 Å². The zero-order valence-corrected chi connectivity index (χ0v) is 21.7. The van der Waals surface area contributed by atoms with Crippen molar-refractivity contribution in [2.24, 2.45) is 0 Å². The van der Waals surface area contributed by atoms with Crippen LogP contribution < -0.4 is 4.74 Å². The van der Waals surface area contributed by atoms with Crippen LogP contribution in [0.15, 0.2) is 47.0 Å². The summed E-state index contributed by atoms with van der Waals surface area (Å²) in [6.07, 6.45) is 0.986. The maximum atomic E-state index is 14.6. The molecule has 39 heavy (non-hydrogen) atoms. The van der Waals surface area contributed by atoms with Crippen LogP contribution in [-0.4, -0.2) is 96.8 Å². The van der Waals surface area contributed by atoms with Crippen LogP contribution in [0, 0.1) is 5.82 Å². The van der Waals surface area contributed by atoms with Gasteiger partial charge in [-0.3, -0.25) is 14.8 Å². The molecular weight excluding hydrogens is 505 g/mol. The van der Waals surface area contributed by atoms with E-state index in [1.807, 2.05) is 29.2 Å². The highest BCUT2D eigenvalue weighted by atomic mass is 19.1. The number of hydrogen-bond acceptors (Lipinski definition) is 8. The molecule has 2 aliphatic heterocycles. The molecule has 0 bridgehead atoms. The van der Waals surface area contributed by atoms with Crippen LogP contribution in [0.4, 0.5) is 4.39 Å². The monoisotopic (exact) mass is 535 g/mol. The Bertz CT molecular complexity index is 1450. The zero-order chi connectivity index (χ0) is 26.8. The first kappa shape index (κ1) is 25.5. The van der Waals surface area contributed by atoms with Crippen molar-refractivity contribution in [1.82, 2.24) is 25.2 Å². The van der Waals surface area contributed by atoms with Crippen LogP contribution in [-0.2, 0) is 9.47 Å². The summed E-state index contributed by atoms with van der Waals surface area (Å²) in [7, 11) is 1.56. The van der Waals surface area contributed by atoms with Crippen LogP contribution in [0.5, 0.6) is 5.75 Å². The second-order valence-electron chi connectivity index (χ2n) is 9.74. The standard InChI is InChI=1S/C28H30FN5O5/c1-36-12-13-38-25-16-24-21(14-22(25)29)27(31-30-24)26-15-23(32-39-26)18-2-4-19(5-3-18)28(35)34-7-6-20(17-34)33-8-10-37-11-9-33/h2-5,14-16,20H,6-13,17H2,1H3,(H,30,31). The number of morpholine rings is 1. The number of hydrogen-bond donors (Lipinski definition) is 1. The number of fused-ring (bicyclic) bond motifs is 1. The lowest BCUT2D eigenvalue weighted by Crippen LogP contribution is -2.45. The molecule has 2 aromatic heterocycles. The Morgan fingerprint density at radius 1 is 1.13 bits per heavy atom. The largest absolute Gasteiger partial charge is 0.488 e. The highest BCUT2D eigenvalue weighted by Gasteiger charge is 2.31. The molecule has 0 saturated carbocycles. The van der Waals surface area contributed by atoms with E-state index in [0.717, 1.165) is 51.4 Å². The van der Waals surface area contributed by atoms with E-state index in [-0.39, 0.29) is 18.3 Å². The summed E-state index contributed by atoms with van der Waals surface area (Å²) in [5, 5.41) is 11.9. The normalized spacial score (nSPS) is 18.2. The van der Waals surface area contributed by atoms with Crippen molar-refractivity contribution in [3.63, 3.8) is 0 Å². The molecular formula is C28H30FN5O5. The molecule has 0 aliphatic carbocycles. The number of nitrogens with one attached hydrogen (secondary N) is 1. The van der Waals surface area contributed by atoms with Gasteiger partial charge in [-0.05, 0) is 24.6 Å². The fourth-order valence-corrected chi connectivity index (χ4v) is 5.21. The number of aromatic amines is 1. The second kappa shape index (κ2) is 11.1. The summed E-state index contributed by atoms with van der Waals surface area (Å²) < 4.78 is 36.0. The van der Waals surface area contributed by atoms with Crippen molar-refractivity contribution in [2.75, 3.05) is 59.7 Å². The molecule has 1 unspecified atom stereocenters. The van der Waals surface area contributed by atoms with Gasteiger partial charge in [0.25, 0.3) is 5.91 Å². The smallest absolute Gasteiger partial charge is 0.253 e. The summed E-state index contributed by atoms with van der Waals surface area (Å²) >= 11 is 0. The maximum Gasteiger partial charge on any atom is 0.253 e. The molecule has 2 fully saturated rings. The van der Waals surface area contributed by atoms with Crippen LogP contribution in [0.1, 0.15) is 16.8 Å². The first-order chi connectivity index (χ1) is 19.1. The fourth-order valence-electron chi connectivity index (χ4n) is 5.21. The number of likely N-dealkylation sites (tertiary alicyclic amines) is 1. The molecule has 2 aromatic carbocycles. The molecule has 6 rings (SSSR count). The van der Waals surface area contributed by atoms with Gasteiger partial charge in [0.05, 0.1) is 25.3 Å². The summed E-state index contributed by atoms with van der Waals surface area (Å²) in [5.41, 5.74) is 3.09. The minimum absolute atomic E-state index is 0.0359. The first-order valence-electron chi connectivity index (χ1n) is 13.1. The predicted octanol–water partition coefficient (Wildman–Crippen LogP) is 3.60. The van der Waals surface area contributed by atoms with E-state index in [9.17, 15) is 9.18 Å². The van der Waals surface area contributed by atoms with Gasteiger partial charge in [0.2, 0.25) is 0 Å². The molecule has 2 aliphatic rings. The van der Waals surface area contributed by atoms with E-state index in [4.69, 9.17) is 18.7 Å². The molecule has 1 N–H and O–H groups in total. The number of H-pyrrole nitrogens is 1. The lowest BCUT2D eigenvalue weighted by atomic mass is 10.1. The second-order valence-corrected chi connectivity index (χ2v) is 9.74. The van der Waals surface area contributed by atoms with Crippen LogP contribution in [0.25, 0.3) is 33.6 Å². The molecule has 1 atom stereocenters. The number of carbonyl (C=O) groups is 1. The van der Waals surface area contributed by atoms with Gasteiger partial charge in [-0.15, -0.1) is 0 Å². The minimum Gasteiger partial charge on any atom is -0.488 e. The average Bonchev–Trinajstić information content (AvgIpc) is 3.73. The Balaban J connectivity index is 1.14. The molecule has 204 valence electrons. The molecule has 1 amide bonds. The van der Waals surface area contributed by atoms with Crippen LogP contribution in [0.3, 0.4) is 0 Å². The number of rotatable bonds is 8. The van der Waals surface area contributed by atoms with Gasteiger partial charge in [0, 0.05) is 68.0 Å². The first-order valence-corrected chi connectivity index (χ1v) is 13.1. The van der Waals surface area contributed by atoms with Crippen LogP contribution >= 0.6 is 0 Å². The van der Waals surface area contributed by atoms with Gasteiger partial charge in [-0.2, -0.15) is 5.10 Å². The lowest BCUT2D eigenvalue weighted by Gasteiger charge is -2.32. The lowest BCUT2D eigenvalue weighted by molar-refractivity contribution is 0.0185. The number of methoxy groups -OCH3 is 1. The quantitative estimate of drug-likeness (QED) is 0.341. The predicted molar refractivity (Wildman–Crippen MR) is 141 cm³/mol. The Hall–Kier alpha value is -3.80. The van der Waals surface area contributed by atoms with Crippen molar-refractivity contribution in [3.05, 3.63) is 53.8 Å². The Kier molecular flexibility index (Phi) is 7.27. The maximum absolute atomic E-state index is 14.6. The number of benzene rings is 2. The van der Waals surface area contributed by atoms with Gasteiger partial charge in [0.1, 0.15) is 18.0 Å². The van der Waals surface area contributed by atoms with Crippen molar-refractivity contribution in [2.45, 2.75) is 12.5 Å². The topological polar surface area (TPSA) is 106 Å². The van der Waals surface area contributed by atoms with Gasteiger partial charge >= 0.3 is 0 Å². The van der Waals surface area contributed by atoms with E-state index in [1.54, 1.807) is 19.2 Å². The molecule has 11 heteroatoms. The molecule has 0 spiro atoms. The number of amides is 1.